The molecule has 2 rings (SSSR count). The van der Waals surface area contributed by atoms with Crippen LogP contribution >= 0.6 is 0 Å². The lowest BCUT2D eigenvalue weighted by molar-refractivity contribution is -0.128. The molecule has 1 aliphatic heterocycles. The number of anilines is 1. The zero-order valence-electron chi connectivity index (χ0n) is 15.3. The Balaban J connectivity index is 2.18. The van der Waals surface area contributed by atoms with Crippen molar-refractivity contribution in [1.82, 2.24) is 9.88 Å². The molecule has 0 radical (unpaired) electrons. The summed E-state index contributed by atoms with van der Waals surface area (Å²) >= 11 is 0. The number of aryl methyl sites for hydroxylation is 1. The molecule has 0 bridgehead atoms. The quantitative estimate of drug-likeness (QED) is 0.841. The maximum Gasteiger partial charge on any atom is 0.339 e. The van der Waals surface area contributed by atoms with Gasteiger partial charge in [-0.2, -0.15) is 5.26 Å². The number of methoxy groups -OCH3 is 1. The molecule has 1 fully saturated rings. The van der Waals surface area contributed by atoms with Gasteiger partial charge in [-0.15, -0.1) is 0 Å². The van der Waals surface area contributed by atoms with Crippen molar-refractivity contribution >= 4 is 17.7 Å². The first-order valence-corrected chi connectivity index (χ1v) is 8.19. The fourth-order valence-corrected chi connectivity index (χ4v) is 2.90. The van der Waals surface area contributed by atoms with Crippen LogP contribution in [0.4, 0.5) is 5.82 Å². The molecule has 0 spiro atoms. The second-order valence-electron chi connectivity index (χ2n) is 7.50. The van der Waals surface area contributed by atoms with E-state index in [1.807, 2.05) is 11.0 Å². The van der Waals surface area contributed by atoms with E-state index in [0.29, 0.717) is 31.0 Å². The van der Waals surface area contributed by atoms with Crippen LogP contribution in [-0.2, 0) is 9.53 Å². The van der Waals surface area contributed by atoms with E-state index in [9.17, 15) is 14.9 Å². The molecule has 0 aromatic carbocycles. The molecule has 2 heterocycles. The second-order valence-corrected chi connectivity index (χ2v) is 7.50. The van der Waals surface area contributed by atoms with Crippen molar-refractivity contribution in [2.24, 2.45) is 5.41 Å². The zero-order chi connectivity index (χ0) is 18.8. The van der Waals surface area contributed by atoms with Crippen LogP contribution in [0, 0.1) is 23.7 Å². The average molecular weight is 344 g/mol. The second kappa shape index (κ2) is 7.09. The van der Waals surface area contributed by atoms with Crippen LogP contribution in [-0.4, -0.2) is 48.0 Å². The molecule has 1 aromatic rings. The third kappa shape index (κ3) is 4.47. The minimum Gasteiger partial charge on any atom is -0.465 e. The monoisotopic (exact) mass is 344 g/mol. The molecule has 7 nitrogen and oxygen atoms in total. The van der Waals surface area contributed by atoms with Crippen LogP contribution in [0.1, 0.15) is 48.8 Å². The summed E-state index contributed by atoms with van der Waals surface area (Å²) in [6.07, 6.45) is 0.362. The number of aromatic nitrogens is 1. The number of pyridine rings is 1. The molecule has 1 atom stereocenters. The number of carbonyl (C=O) groups is 2. The van der Waals surface area contributed by atoms with E-state index in [-0.39, 0.29) is 28.5 Å². The Bertz CT molecular complexity index is 731. The number of carbonyl (C=O) groups excluding carboxylic acids is 2. The van der Waals surface area contributed by atoms with Crippen LogP contribution in [0.15, 0.2) is 6.07 Å². The Morgan fingerprint density at radius 3 is 2.76 bits per heavy atom. The zero-order valence-corrected chi connectivity index (χ0v) is 15.3. The number of rotatable bonds is 4. The number of likely N-dealkylation sites (tertiary alicyclic amines) is 1. The molecular formula is C18H24N4O3. The van der Waals surface area contributed by atoms with E-state index in [4.69, 9.17) is 4.74 Å². The predicted molar refractivity (Wildman–Crippen MR) is 93.1 cm³/mol. The van der Waals surface area contributed by atoms with Crippen molar-refractivity contribution in [3.8, 4) is 6.07 Å². The summed E-state index contributed by atoms with van der Waals surface area (Å²) in [5.41, 5.74) is 1.03. The van der Waals surface area contributed by atoms with E-state index < -0.39 is 5.97 Å². The smallest absolute Gasteiger partial charge is 0.339 e. The molecule has 7 heteroatoms. The number of nitrogens with zero attached hydrogens (tertiary/aromatic N) is 3. The Morgan fingerprint density at radius 2 is 2.20 bits per heavy atom. The van der Waals surface area contributed by atoms with Crippen molar-refractivity contribution in [2.45, 2.75) is 40.2 Å². The highest BCUT2D eigenvalue weighted by molar-refractivity contribution is 5.91. The molecule has 1 saturated heterocycles. The molecular weight excluding hydrogens is 320 g/mol. The predicted octanol–water partition coefficient (Wildman–Crippen LogP) is 2.11. The van der Waals surface area contributed by atoms with E-state index in [1.54, 1.807) is 6.92 Å². The first-order valence-electron chi connectivity index (χ1n) is 8.19. The van der Waals surface area contributed by atoms with Crippen molar-refractivity contribution in [3.63, 3.8) is 0 Å². The fourth-order valence-electron chi connectivity index (χ4n) is 2.90. The molecule has 25 heavy (non-hydrogen) atoms. The SMILES string of the molecule is COC(=O)c1cc(C#N)c(N[C@@H]2CC(=O)N(CC(C)(C)C)C2)nc1C. The van der Waals surface area contributed by atoms with Gasteiger partial charge in [0.25, 0.3) is 0 Å². The molecule has 0 unspecified atom stereocenters. The molecule has 134 valence electrons. The van der Waals surface area contributed by atoms with E-state index in [0.717, 1.165) is 0 Å². The first kappa shape index (κ1) is 18.7. The summed E-state index contributed by atoms with van der Waals surface area (Å²) in [7, 11) is 1.29. The van der Waals surface area contributed by atoms with Gasteiger partial charge in [0.15, 0.2) is 0 Å². The summed E-state index contributed by atoms with van der Waals surface area (Å²) in [6, 6.07) is 3.40. The van der Waals surface area contributed by atoms with Gasteiger partial charge in [-0.25, -0.2) is 9.78 Å². The number of esters is 1. The average Bonchev–Trinajstić information content (AvgIpc) is 2.84. The van der Waals surface area contributed by atoms with Crippen LogP contribution < -0.4 is 5.32 Å². The van der Waals surface area contributed by atoms with Gasteiger partial charge >= 0.3 is 5.97 Å². The highest BCUT2D eigenvalue weighted by Gasteiger charge is 2.32. The summed E-state index contributed by atoms with van der Waals surface area (Å²) in [6.45, 7) is 9.20. The van der Waals surface area contributed by atoms with E-state index in [2.05, 4.69) is 31.1 Å². The number of nitrogens with one attached hydrogen (secondary N) is 1. The molecule has 1 aliphatic rings. The number of hydrogen-bond donors (Lipinski definition) is 1. The lowest BCUT2D eigenvalue weighted by atomic mass is 9.96. The standard InChI is InChI=1S/C18H24N4O3/c1-11-14(17(24)25-5)6-12(8-19)16(20-11)21-13-7-15(23)22(9-13)10-18(2,3)4/h6,13H,7,9-10H2,1-5H3,(H,20,21)/t13-/m1/s1. The van der Waals surface area contributed by atoms with Gasteiger partial charge in [-0.05, 0) is 18.4 Å². The minimum absolute atomic E-state index is 0.0271. The van der Waals surface area contributed by atoms with Crippen LogP contribution in [0.3, 0.4) is 0 Å². The third-order valence-corrected chi connectivity index (χ3v) is 3.96. The largest absolute Gasteiger partial charge is 0.465 e. The number of ether oxygens (including phenoxy) is 1. The number of hydrogen-bond acceptors (Lipinski definition) is 6. The lowest BCUT2D eigenvalue weighted by Gasteiger charge is -2.26. The van der Waals surface area contributed by atoms with Crippen molar-refractivity contribution in [2.75, 3.05) is 25.5 Å². The van der Waals surface area contributed by atoms with Crippen molar-refractivity contribution in [1.29, 1.82) is 5.26 Å². The summed E-state index contributed by atoms with van der Waals surface area (Å²) < 4.78 is 4.70. The van der Waals surface area contributed by atoms with Gasteiger partial charge in [0, 0.05) is 19.5 Å². The minimum atomic E-state index is -0.527. The number of amides is 1. The molecule has 0 saturated carbocycles. The van der Waals surface area contributed by atoms with Crippen LogP contribution in [0.25, 0.3) is 0 Å². The molecule has 1 aromatic heterocycles. The summed E-state index contributed by atoms with van der Waals surface area (Å²) in [5, 5.41) is 12.5. The highest BCUT2D eigenvalue weighted by Crippen LogP contribution is 2.24. The van der Waals surface area contributed by atoms with E-state index >= 15 is 0 Å². The molecule has 0 aliphatic carbocycles. The van der Waals surface area contributed by atoms with Gasteiger partial charge in [0.2, 0.25) is 5.91 Å². The fraction of sp³-hybridized carbons (Fsp3) is 0.556. The maximum atomic E-state index is 12.2. The highest BCUT2D eigenvalue weighted by atomic mass is 16.5. The van der Waals surface area contributed by atoms with Gasteiger partial charge < -0.3 is 15.0 Å². The molecule has 1 amide bonds. The van der Waals surface area contributed by atoms with E-state index in [1.165, 1.54) is 13.2 Å². The summed E-state index contributed by atoms with van der Waals surface area (Å²) in [5.74, 6) is -0.0441. The Hall–Kier alpha value is -2.62. The van der Waals surface area contributed by atoms with Crippen molar-refractivity contribution in [3.05, 3.63) is 22.9 Å². The third-order valence-electron chi connectivity index (χ3n) is 3.96. The van der Waals surface area contributed by atoms with Crippen LogP contribution in [0.5, 0.6) is 0 Å². The summed E-state index contributed by atoms with van der Waals surface area (Å²) in [4.78, 5) is 30.1. The number of nitriles is 1. The topological polar surface area (TPSA) is 95.3 Å². The van der Waals surface area contributed by atoms with Crippen molar-refractivity contribution < 1.29 is 14.3 Å². The Labute approximate surface area is 148 Å². The van der Waals surface area contributed by atoms with Gasteiger partial charge in [0.1, 0.15) is 11.9 Å². The van der Waals surface area contributed by atoms with Gasteiger partial charge in [0.05, 0.1) is 30.0 Å². The Morgan fingerprint density at radius 1 is 1.52 bits per heavy atom. The van der Waals surface area contributed by atoms with Crippen LogP contribution in [0.2, 0.25) is 0 Å². The van der Waals surface area contributed by atoms with Gasteiger partial charge in [-0.1, -0.05) is 20.8 Å². The normalized spacial score (nSPS) is 17.4. The van der Waals surface area contributed by atoms with Gasteiger partial charge in [-0.3, -0.25) is 4.79 Å². The lowest BCUT2D eigenvalue weighted by Crippen LogP contribution is -2.35. The maximum absolute atomic E-state index is 12.2. The Kier molecular flexibility index (Phi) is 5.31. The molecule has 1 N–H and O–H groups in total. The first-order chi connectivity index (χ1) is 11.6.